The van der Waals surface area contributed by atoms with E-state index in [1.807, 2.05) is 12.1 Å². The second kappa shape index (κ2) is 6.04. The van der Waals surface area contributed by atoms with Gasteiger partial charge in [0.1, 0.15) is 0 Å². The third kappa shape index (κ3) is 3.68. The van der Waals surface area contributed by atoms with Crippen LogP contribution in [-0.2, 0) is 0 Å². The number of aliphatic hydroxyl groups excluding tert-OH is 1. The summed E-state index contributed by atoms with van der Waals surface area (Å²) in [6, 6.07) is 3.82. The van der Waals surface area contributed by atoms with Gasteiger partial charge in [0.25, 0.3) is 0 Å². The Hall–Kier alpha value is -0.540. The van der Waals surface area contributed by atoms with Gasteiger partial charge in [-0.05, 0) is 36.8 Å². The average Bonchev–Trinajstić information content (AvgIpc) is 2.19. The van der Waals surface area contributed by atoms with Crippen LogP contribution in [0, 0.1) is 0 Å². The molecule has 0 aliphatic carbocycles. The molecule has 1 atom stereocenters. The molecule has 1 aromatic heterocycles. The molecule has 0 fully saturated rings. The van der Waals surface area contributed by atoms with Crippen molar-refractivity contribution in [3.05, 3.63) is 23.9 Å². The van der Waals surface area contributed by atoms with Crippen molar-refractivity contribution >= 4 is 11.8 Å². The number of pyridine rings is 1. The number of aliphatic hydroxyl groups is 1. The van der Waals surface area contributed by atoms with Gasteiger partial charge >= 0.3 is 0 Å². The summed E-state index contributed by atoms with van der Waals surface area (Å²) in [6.07, 6.45) is 3.79. The summed E-state index contributed by atoms with van der Waals surface area (Å²) in [5, 5.41) is 10.4. The van der Waals surface area contributed by atoms with E-state index in [4.69, 9.17) is 0 Å². The molecule has 0 aromatic carbocycles. The van der Waals surface area contributed by atoms with Crippen molar-refractivity contribution < 1.29 is 5.11 Å². The van der Waals surface area contributed by atoms with E-state index >= 15 is 0 Å². The zero-order valence-electron chi connectivity index (χ0n) is 8.73. The van der Waals surface area contributed by atoms with Gasteiger partial charge in [-0.2, -0.15) is 0 Å². The van der Waals surface area contributed by atoms with Gasteiger partial charge in [0, 0.05) is 6.20 Å². The summed E-state index contributed by atoms with van der Waals surface area (Å²) in [5.74, 6) is 1.10. The molecule has 1 aromatic rings. The Labute approximate surface area is 89.8 Å². The number of nitrogens with zero attached hydrogens (tertiary/aromatic N) is 1. The molecule has 0 aliphatic heterocycles. The molecule has 14 heavy (non-hydrogen) atoms. The van der Waals surface area contributed by atoms with Gasteiger partial charge in [-0.1, -0.05) is 13.3 Å². The lowest BCUT2D eigenvalue weighted by Crippen LogP contribution is -1.92. The molecule has 78 valence electrons. The Kier molecular flexibility index (Phi) is 4.98. The lowest BCUT2D eigenvalue weighted by atomic mass is 10.2. The van der Waals surface area contributed by atoms with Gasteiger partial charge in [-0.25, -0.2) is 4.98 Å². The second-order valence-corrected chi connectivity index (χ2v) is 4.42. The van der Waals surface area contributed by atoms with Crippen molar-refractivity contribution in [3.8, 4) is 0 Å². The van der Waals surface area contributed by atoms with Gasteiger partial charge in [-0.15, -0.1) is 11.8 Å². The van der Waals surface area contributed by atoms with E-state index in [2.05, 4.69) is 11.9 Å². The van der Waals surface area contributed by atoms with Crippen molar-refractivity contribution in [1.82, 2.24) is 4.98 Å². The van der Waals surface area contributed by atoms with E-state index < -0.39 is 6.10 Å². The lowest BCUT2D eigenvalue weighted by molar-refractivity contribution is 0.199. The molecule has 0 saturated heterocycles. The summed E-state index contributed by atoms with van der Waals surface area (Å²) < 4.78 is 0. The Balaban J connectivity index is 2.55. The minimum Gasteiger partial charge on any atom is -0.389 e. The Bertz CT molecular complexity index is 276. The molecule has 0 unspecified atom stereocenters. The zero-order valence-corrected chi connectivity index (χ0v) is 9.55. The fraction of sp³-hybridized carbons (Fsp3) is 0.545. The van der Waals surface area contributed by atoms with Gasteiger partial charge in [-0.3, -0.25) is 0 Å². The first-order valence-electron chi connectivity index (χ1n) is 5.01. The van der Waals surface area contributed by atoms with Crippen LogP contribution in [0.4, 0.5) is 0 Å². The first kappa shape index (κ1) is 11.5. The molecule has 1 N–H and O–H groups in total. The Morgan fingerprint density at radius 3 is 3.00 bits per heavy atom. The van der Waals surface area contributed by atoms with E-state index in [0.717, 1.165) is 16.3 Å². The van der Waals surface area contributed by atoms with Gasteiger partial charge in [0.15, 0.2) is 0 Å². The Morgan fingerprint density at radius 2 is 2.36 bits per heavy atom. The van der Waals surface area contributed by atoms with Crippen LogP contribution in [0.2, 0.25) is 0 Å². The highest BCUT2D eigenvalue weighted by molar-refractivity contribution is 7.99. The van der Waals surface area contributed by atoms with Gasteiger partial charge in [0.2, 0.25) is 0 Å². The number of thioether (sulfide) groups is 1. The maximum absolute atomic E-state index is 9.38. The molecule has 3 heteroatoms. The summed E-state index contributed by atoms with van der Waals surface area (Å²) in [7, 11) is 0. The number of rotatable bonds is 5. The zero-order chi connectivity index (χ0) is 10.4. The first-order chi connectivity index (χ1) is 6.74. The molecular formula is C11H17NOS. The SMILES string of the molecule is CCCCSc1cc([C@H](C)O)ccn1. The topological polar surface area (TPSA) is 33.1 Å². The lowest BCUT2D eigenvalue weighted by Gasteiger charge is -2.05. The summed E-state index contributed by atoms with van der Waals surface area (Å²) in [5.41, 5.74) is 0.944. The van der Waals surface area contributed by atoms with Crippen LogP contribution in [0.25, 0.3) is 0 Å². The van der Waals surface area contributed by atoms with Crippen molar-refractivity contribution in [2.24, 2.45) is 0 Å². The van der Waals surface area contributed by atoms with Crippen LogP contribution >= 0.6 is 11.8 Å². The minimum atomic E-state index is -0.400. The molecule has 0 saturated carbocycles. The molecule has 0 amide bonds. The summed E-state index contributed by atoms with van der Waals surface area (Å²) in [4.78, 5) is 4.25. The fourth-order valence-corrected chi connectivity index (χ4v) is 2.08. The largest absolute Gasteiger partial charge is 0.389 e. The van der Waals surface area contributed by atoms with Crippen LogP contribution in [0.5, 0.6) is 0 Å². The second-order valence-electron chi connectivity index (χ2n) is 3.31. The van der Waals surface area contributed by atoms with Crippen molar-refractivity contribution in [1.29, 1.82) is 0 Å². The summed E-state index contributed by atoms with van der Waals surface area (Å²) >= 11 is 1.75. The van der Waals surface area contributed by atoms with Crippen molar-refractivity contribution in [3.63, 3.8) is 0 Å². The molecule has 1 heterocycles. The normalized spacial score (nSPS) is 12.8. The van der Waals surface area contributed by atoms with E-state index in [0.29, 0.717) is 0 Å². The molecule has 0 bridgehead atoms. The first-order valence-corrected chi connectivity index (χ1v) is 5.99. The highest BCUT2D eigenvalue weighted by Crippen LogP contribution is 2.20. The average molecular weight is 211 g/mol. The van der Waals surface area contributed by atoms with E-state index in [1.54, 1.807) is 24.9 Å². The van der Waals surface area contributed by atoms with Crippen LogP contribution in [-0.4, -0.2) is 15.8 Å². The minimum absolute atomic E-state index is 0.400. The molecule has 1 rings (SSSR count). The van der Waals surface area contributed by atoms with E-state index in [9.17, 15) is 5.11 Å². The smallest absolute Gasteiger partial charge is 0.0963 e. The molecular weight excluding hydrogens is 194 g/mol. The van der Waals surface area contributed by atoms with Gasteiger partial charge in [0.05, 0.1) is 11.1 Å². The van der Waals surface area contributed by atoms with E-state index in [1.165, 1.54) is 12.8 Å². The van der Waals surface area contributed by atoms with Crippen LogP contribution < -0.4 is 0 Å². The molecule has 2 nitrogen and oxygen atoms in total. The maximum Gasteiger partial charge on any atom is 0.0963 e. The number of hydrogen-bond donors (Lipinski definition) is 1. The maximum atomic E-state index is 9.38. The third-order valence-corrected chi connectivity index (χ3v) is 3.00. The van der Waals surface area contributed by atoms with Crippen LogP contribution in [0.1, 0.15) is 38.4 Å². The number of aromatic nitrogens is 1. The molecule has 0 spiro atoms. The number of unbranched alkanes of at least 4 members (excludes halogenated alkanes) is 1. The Morgan fingerprint density at radius 1 is 1.57 bits per heavy atom. The summed E-state index contributed by atoms with van der Waals surface area (Å²) in [6.45, 7) is 3.95. The predicted molar refractivity (Wildman–Crippen MR) is 60.5 cm³/mol. The third-order valence-electron chi connectivity index (χ3n) is 1.99. The highest BCUT2D eigenvalue weighted by atomic mass is 32.2. The van der Waals surface area contributed by atoms with Gasteiger partial charge < -0.3 is 5.11 Å². The van der Waals surface area contributed by atoms with Crippen molar-refractivity contribution in [2.75, 3.05) is 5.75 Å². The van der Waals surface area contributed by atoms with Crippen LogP contribution in [0.3, 0.4) is 0 Å². The highest BCUT2D eigenvalue weighted by Gasteiger charge is 2.02. The molecule has 0 radical (unpaired) electrons. The quantitative estimate of drug-likeness (QED) is 0.600. The standard InChI is InChI=1S/C11H17NOS/c1-3-4-7-14-11-8-10(9(2)13)5-6-12-11/h5-6,8-9,13H,3-4,7H2,1-2H3/t9-/m0/s1. The molecule has 0 aliphatic rings. The van der Waals surface area contributed by atoms with Crippen LogP contribution in [0.15, 0.2) is 23.4 Å². The number of hydrogen-bond acceptors (Lipinski definition) is 3. The predicted octanol–water partition coefficient (Wildman–Crippen LogP) is 3.03. The fourth-order valence-electron chi connectivity index (χ4n) is 1.08. The van der Waals surface area contributed by atoms with Crippen molar-refractivity contribution in [2.45, 2.75) is 37.8 Å². The monoisotopic (exact) mass is 211 g/mol. The van der Waals surface area contributed by atoms with E-state index in [-0.39, 0.29) is 0 Å².